The van der Waals surface area contributed by atoms with Crippen molar-refractivity contribution in [3.63, 3.8) is 0 Å². The molecular weight excluding hydrogens is 532 g/mol. The number of carbonyl (C=O) groups is 3. The van der Waals surface area contributed by atoms with Gasteiger partial charge in [0.1, 0.15) is 5.60 Å². The normalized spacial score (nSPS) is 23.6. The number of hydrogen-bond acceptors (Lipinski definition) is 6. The molecule has 2 N–H and O–H groups in total. The highest BCUT2D eigenvalue weighted by molar-refractivity contribution is 5.98. The smallest absolute Gasteiger partial charge is 0.410 e. The number of amides is 3. The minimum absolute atomic E-state index is 0.00582. The van der Waals surface area contributed by atoms with E-state index in [9.17, 15) is 14.4 Å². The topological polar surface area (TPSA) is 100 Å². The molecule has 0 aromatic heterocycles. The second-order valence-corrected chi connectivity index (χ2v) is 13.1. The second kappa shape index (κ2) is 13.5. The van der Waals surface area contributed by atoms with E-state index in [1.165, 1.54) is 0 Å². The van der Waals surface area contributed by atoms with E-state index in [1.54, 1.807) is 4.90 Å². The van der Waals surface area contributed by atoms with Crippen LogP contribution in [0.2, 0.25) is 0 Å². The van der Waals surface area contributed by atoms with Crippen molar-refractivity contribution in [3.05, 3.63) is 34.9 Å². The van der Waals surface area contributed by atoms with Crippen LogP contribution in [-0.4, -0.2) is 79.9 Å². The summed E-state index contributed by atoms with van der Waals surface area (Å²) in [5.41, 5.74) is 4.18. The van der Waals surface area contributed by atoms with Gasteiger partial charge in [-0.3, -0.25) is 9.59 Å². The van der Waals surface area contributed by atoms with E-state index in [0.29, 0.717) is 37.7 Å². The lowest BCUT2D eigenvalue weighted by Crippen LogP contribution is -2.50. The van der Waals surface area contributed by atoms with Crippen LogP contribution >= 0.6 is 0 Å². The summed E-state index contributed by atoms with van der Waals surface area (Å²) in [7, 11) is 0. The summed E-state index contributed by atoms with van der Waals surface area (Å²) >= 11 is 0. The van der Waals surface area contributed by atoms with Gasteiger partial charge in [0.2, 0.25) is 5.91 Å². The highest BCUT2D eigenvalue weighted by Gasteiger charge is 2.33. The molecule has 9 nitrogen and oxygen atoms in total. The molecule has 0 spiro atoms. The van der Waals surface area contributed by atoms with Gasteiger partial charge < -0.3 is 29.9 Å². The second-order valence-electron chi connectivity index (χ2n) is 13.1. The quantitative estimate of drug-likeness (QED) is 0.474. The standard InChI is InChI=1S/C33H50N4O5/c1-8-37(26-11-15-41-16-12-26)29-19-25(24-9-13-36(14-10-24)32(40)42-33(5,6)7)18-27(23(29)4)30(38)34-20-28-21(2)17-22(3)35-31(28)39/h9,18-19,21-22,26,28H,8,10-17,20H2,1-7H3,(H,34,38)(H,35,39). The monoisotopic (exact) mass is 582 g/mol. The molecule has 4 rings (SSSR count). The van der Waals surface area contributed by atoms with E-state index < -0.39 is 5.60 Å². The lowest BCUT2D eigenvalue weighted by molar-refractivity contribution is -0.129. The molecule has 0 aliphatic carbocycles. The van der Waals surface area contributed by atoms with Crippen LogP contribution < -0.4 is 15.5 Å². The average molecular weight is 583 g/mol. The van der Waals surface area contributed by atoms with Crippen molar-refractivity contribution in [2.75, 3.05) is 44.3 Å². The van der Waals surface area contributed by atoms with Crippen LogP contribution in [0.25, 0.3) is 5.57 Å². The molecule has 3 aliphatic heterocycles. The predicted octanol–water partition coefficient (Wildman–Crippen LogP) is 4.92. The number of nitrogens with zero attached hydrogens (tertiary/aromatic N) is 2. The fourth-order valence-corrected chi connectivity index (χ4v) is 6.45. The zero-order valence-electron chi connectivity index (χ0n) is 26.5. The van der Waals surface area contributed by atoms with Crippen LogP contribution in [0.5, 0.6) is 0 Å². The lowest BCUT2D eigenvalue weighted by Gasteiger charge is -2.37. The van der Waals surface area contributed by atoms with Crippen LogP contribution in [0.4, 0.5) is 10.5 Å². The van der Waals surface area contributed by atoms with Gasteiger partial charge >= 0.3 is 6.09 Å². The summed E-state index contributed by atoms with van der Waals surface area (Å²) in [6.07, 6.45) is 5.22. The lowest BCUT2D eigenvalue weighted by atomic mass is 9.84. The Hall–Kier alpha value is -3.07. The van der Waals surface area contributed by atoms with Crippen molar-refractivity contribution in [2.45, 2.75) is 91.8 Å². The molecule has 0 radical (unpaired) electrons. The molecule has 0 saturated carbocycles. The summed E-state index contributed by atoms with van der Waals surface area (Å²) < 4.78 is 11.2. The number of rotatable bonds is 7. The fourth-order valence-electron chi connectivity index (χ4n) is 6.45. The van der Waals surface area contributed by atoms with Crippen molar-refractivity contribution in [2.24, 2.45) is 11.8 Å². The van der Waals surface area contributed by atoms with Crippen LogP contribution in [0.3, 0.4) is 0 Å². The van der Waals surface area contributed by atoms with Gasteiger partial charge in [0.25, 0.3) is 5.91 Å². The van der Waals surface area contributed by atoms with Gasteiger partial charge in [0.05, 0.1) is 5.92 Å². The zero-order valence-corrected chi connectivity index (χ0v) is 26.5. The molecule has 2 fully saturated rings. The van der Waals surface area contributed by atoms with Crippen LogP contribution in [0.1, 0.15) is 88.7 Å². The maximum Gasteiger partial charge on any atom is 0.410 e. The van der Waals surface area contributed by atoms with E-state index in [0.717, 1.165) is 61.4 Å². The van der Waals surface area contributed by atoms with Crippen molar-refractivity contribution < 1.29 is 23.9 Å². The average Bonchev–Trinajstić information content (AvgIpc) is 2.93. The molecule has 2 saturated heterocycles. The van der Waals surface area contributed by atoms with Crippen LogP contribution in [0, 0.1) is 18.8 Å². The molecule has 1 aromatic carbocycles. The summed E-state index contributed by atoms with van der Waals surface area (Å²) in [5, 5.41) is 6.12. The molecular formula is C33H50N4O5. The molecule has 3 aliphatic rings. The number of piperidine rings is 1. The Labute approximate surface area is 251 Å². The zero-order chi connectivity index (χ0) is 30.6. The number of ether oxygens (including phenoxy) is 2. The summed E-state index contributed by atoms with van der Waals surface area (Å²) in [6.45, 7) is 17.5. The van der Waals surface area contributed by atoms with Crippen molar-refractivity contribution in [1.82, 2.24) is 15.5 Å². The molecule has 9 heteroatoms. The molecule has 0 bridgehead atoms. The SMILES string of the molecule is CCN(c1cc(C2=CCN(C(=O)OC(C)(C)C)CC2)cc(C(=O)NCC2C(=O)NC(C)CC2C)c1C)C1CCOCC1. The Morgan fingerprint density at radius 3 is 2.50 bits per heavy atom. The predicted molar refractivity (Wildman–Crippen MR) is 166 cm³/mol. The number of carbonyl (C=O) groups excluding carboxylic acids is 3. The van der Waals surface area contributed by atoms with E-state index >= 15 is 0 Å². The molecule has 232 valence electrons. The number of hydrogen-bond donors (Lipinski definition) is 2. The Morgan fingerprint density at radius 2 is 1.90 bits per heavy atom. The summed E-state index contributed by atoms with van der Waals surface area (Å²) in [6, 6.07) is 4.68. The third-order valence-electron chi connectivity index (χ3n) is 8.76. The number of anilines is 1. The Morgan fingerprint density at radius 1 is 1.19 bits per heavy atom. The minimum Gasteiger partial charge on any atom is -0.444 e. The van der Waals surface area contributed by atoms with E-state index in [-0.39, 0.29) is 35.8 Å². The van der Waals surface area contributed by atoms with E-state index in [1.807, 2.05) is 40.7 Å². The van der Waals surface area contributed by atoms with Gasteiger partial charge in [0.15, 0.2) is 0 Å². The van der Waals surface area contributed by atoms with Crippen molar-refractivity contribution in [3.8, 4) is 0 Å². The Kier molecular flexibility index (Phi) is 10.2. The van der Waals surface area contributed by atoms with Crippen molar-refractivity contribution in [1.29, 1.82) is 0 Å². The van der Waals surface area contributed by atoms with Crippen LogP contribution in [0.15, 0.2) is 18.2 Å². The van der Waals surface area contributed by atoms with Gasteiger partial charge in [-0.05, 0) is 102 Å². The van der Waals surface area contributed by atoms with Gasteiger partial charge in [0, 0.05) is 62.7 Å². The highest BCUT2D eigenvalue weighted by Crippen LogP contribution is 2.34. The van der Waals surface area contributed by atoms with E-state index in [4.69, 9.17) is 9.47 Å². The third kappa shape index (κ3) is 7.65. The molecule has 1 aromatic rings. The largest absolute Gasteiger partial charge is 0.444 e. The van der Waals surface area contributed by atoms with E-state index in [2.05, 4.69) is 41.5 Å². The van der Waals surface area contributed by atoms with Crippen molar-refractivity contribution >= 4 is 29.2 Å². The van der Waals surface area contributed by atoms with Gasteiger partial charge in [-0.15, -0.1) is 0 Å². The third-order valence-corrected chi connectivity index (χ3v) is 8.76. The Bertz CT molecular complexity index is 1180. The molecule has 3 atom stereocenters. The summed E-state index contributed by atoms with van der Waals surface area (Å²) in [4.78, 5) is 43.2. The molecule has 42 heavy (non-hydrogen) atoms. The minimum atomic E-state index is -0.544. The van der Waals surface area contributed by atoms with Gasteiger partial charge in [-0.1, -0.05) is 13.0 Å². The molecule has 3 unspecified atom stereocenters. The molecule has 3 heterocycles. The molecule has 3 amide bonds. The first-order valence-corrected chi connectivity index (χ1v) is 15.6. The maximum atomic E-state index is 13.8. The number of nitrogens with one attached hydrogen (secondary N) is 2. The van der Waals surface area contributed by atoms with Crippen LogP contribution in [-0.2, 0) is 14.3 Å². The summed E-state index contributed by atoms with van der Waals surface area (Å²) in [5.74, 6) is -0.209. The fraction of sp³-hybridized carbons (Fsp3) is 0.667. The number of benzene rings is 1. The van der Waals surface area contributed by atoms with Gasteiger partial charge in [-0.2, -0.15) is 0 Å². The Balaban J connectivity index is 1.62. The first kappa shape index (κ1) is 31.9. The van der Waals surface area contributed by atoms with Gasteiger partial charge in [-0.25, -0.2) is 4.79 Å². The first-order valence-electron chi connectivity index (χ1n) is 15.6. The first-order chi connectivity index (χ1) is 19.9. The maximum absolute atomic E-state index is 13.8. The highest BCUT2D eigenvalue weighted by atomic mass is 16.6.